The van der Waals surface area contributed by atoms with Crippen LogP contribution in [0.2, 0.25) is 0 Å². The monoisotopic (exact) mass is 513 g/mol. The summed E-state index contributed by atoms with van der Waals surface area (Å²) in [5, 5.41) is 0. The summed E-state index contributed by atoms with van der Waals surface area (Å²) in [7, 11) is 3.30. The predicted octanol–water partition coefficient (Wildman–Crippen LogP) is 4.53. The Bertz CT molecular complexity index is 1360. The van der Waals surface area contributed by atoms with Crippen molar-refractivity contribution in [2.45, 2.75) is 30.8 Å². The Labute approximate surface area is 221 Å². The molecule has 8 nitrogen and oxygen atoms in total. The average Bonchev–Trinajstić information content (AvgIpc) is 3.43. The number of benzene rings is 3. The molecular formula is C30H31N3O5. The summed E-state index contributed by atoms with van der Waals surface area (Å²) in [5.74, 6) is 1.71. The molecule has 196 valence electrons. The molecular weight excluding hydrogens is 482 g/mol. The average molecular weight is 514 g/mol. The zero-order chi connectivity index (χ0) is 26.5. The summed E-state index contributed by atoms with van der Waals surface area (Å²) in [6, 6.07) is 27.5. The smallest absolute Gasteiger partial charge is 0.351 e. The van der Waals surface area contributed by atoms with Gasteiger partial charge in [-0.3, -0.25) is 4.57 Å². The van der Waals surface area contributed by atoms with Crippen LogP contribution in [0.15, 0.2) is 95.9 Å². The number of nitrogen functional groups attached to an aromatic ring is 1. The molecule has 0 radical (unpaired) electrons. The molecule has 5 rings (SSSR count). The molecule has 1 aliphatic heterocycles. The van der Waals surface area contributed by atoms with E-state index in [4.69, 9.17) is 24.7 Å². The van der Waals surface area contributed by atoms with E-state index in [2.05, 4.69) is 17.1 Å². The van der Waals surface area contributed by atoms with Crippen molar-refractivity contribution in [3.05, 3.63) is 118 Å². The van der Waals surface area contributed by atoms with Gasteiger partial charge in [-0.05, 0) is 59.9 Å². The first-order valence-electron chi connectivity index (χ1n) is 12.5. The zero-order valence-corrected chi connectivity index (χ0v) is 21.4. The number of hydrogen-bond donors (Lipinski definition) is 1. The Morgan fingerprint density at radius 3 is 2.00 bits per heavy atom. The molecule has 2 atom stereocenters. The summed E-state index contributed by atoms with van der Waals surface area (Å²) < 4.78 is 25.5. The minimum absolute atomic E-state index is 0.191. The normalized spacial score (nSPS) is 17.3. The van der Waals surface area contributed by atoms with Crippen LogP contribution in [-0.2, 0) is 15.1 Å². The van der Waals surface area contributed by atoms with E-state index in [-0.39, 0.29) is 11.9 Å². The molecule has 0 unspecified atom stereocenters. The quantitative estimate of drug-likeness (QED) is 0.329. The van der Waals surface area contributed by atoms with E-state index in [9.17, 15) is 4.79 Å². The lowest BCUT2D eigenvalue weighted by molar-refractivity contribution is -0.0773. The van der Waals surface area contributed by atoms with Crippen LogP contribution < -0.4 is 20.9 Å². The number of nitrogens with two attached hydrogens (primary N) is 1. The molecule has 0 aliphatic carbocycles. The van der Waals surface area contributed by atoms with Gasteiger partial charge in [-0.25, -0.2) is 4.79 Å². The maximum Gasteiger partial charge on any atom is 0.351 e. The SMILES string of the molecule is COc1ccc(C(OC[C@H]2CC[C@H](n3ccc(N)nc3=O)O2)(c2ccccc2)c2ccc(OC)cc2)cc1. The van der Waals surface area contributed by atoms with Crippen molar-refractivity contribution >= 4 is 5.82 Å². The maximum atomic E-state index is 12.4. The molecule has 8 heteroatoms. The van der Waals surface area contributed by atoms with Crippen LogP contribution >= 0.6 is 0 Å². The fourth-order valence-corrected chi connectivity index (χ4v) is 4.95. The van der Waals surface area contributed by atoms with Crippen LogP contribution in [0.25, 0.3) is 0 Å². The lowest BCUT2D eigenvalue weighted by Gasteiger charge is -2.37. The largest absolute Gasteiger partial charge is 0.497 e. The van der Waals surface area contributed by atoms with Crippen molar-refractivity contribution < 1.29 is 18.9 Å². The van der Waals surface area contributed by atoms with Gasteiger partial charge in [0, 0.05) is 6.20 Å². The summed E-state index contributed by atoms with van der Waals surface area (Å²) in [6.07, 6.45) is 2.39. The van der Waals surface area contributed by atoms with Gasteiger partial charge in [0.1, 0.15) is 29.1 Å². The topological polar surface area (TPSA) is 97.8 Å². The molecule has 0 amide bonds. The molecule has 38 heavy (non-hydrogen) atoms. The van der Waals surface area contributed by atoms with Gasteiger partial charge in [-0.15, -0.1) is 0 Å². The minimum atomic E-state index is -0.930. The summed E-state index contributed by atoms with van der Waals surface area (Å²) in [6.45, 7) is 0.306. The van der Waals surface area contributed by atoms with E-state index in [0.29, 0.717) is 13.0 Å². The number of ether oxygens (including phenoxy) is 4. The van der Waals surface area contributed by atoms with Crippen LogP contribution in [0.4, 0.5) is 5.82 Å². The van der Waals surface area contributed by atoms with E-state index in [1.54, 1.807) is 26.5 Å². The van der Waals surface area contributed by atoms with Crippen molar-refractivity contribution in [2.24, 2.45) is 0 Å². The number of methoxy groups -OCH3 is 2. The van der Waals surface area contributed by atoms with Crippen LogP contribution in [0.1, 0.15) is 35.8 Å². The summed E-state index contributed by atoms with van der Waals surface area (Å²) in [4.78, 5) is 16.2. The standard InChI is InChI=1S/C30H31N3O5/c1-35-24-12-8-22(9-13-24)30(21-6-4-3-5-7-21,23-10-14-25(36-2)15-11-23)37-20-26-16-17-28(38-26)33-19-18-27(31)32-29(33)34/h3-15,18-19,26,28H,16-17,20H2,1-2H3,(H2,31,32,34)/t26-,28-/m1/s1. The van der Waals surface area contributed by atoms with Crippen molar-refractivity contribution in [3.8, 4) is 11.5 Å². The third-order valence-electron chi connectivity index (χ3n) is 6.91. The Kier molecular flexibility index (Phi) is 7.44. The van der Waals surface area contributed by atoms with Gasteiger partial charge < -0.3 is 24.7 Å². The second-order valence-corrected chi connectivity index (χ2v) is 9.15. The molecule has 0 saturated carbocycles. The van der Waals surface area contributed by atoms with Crippen LogP contribution in [0, 0.1) is 0 Å². The molecule has 0 spiro atoms. The second-order valence-electron chi connectivity index (χ2n) is 9.15. The van der Waals surface area contributed by atoms with Crippen LogP contribution in [0.3, 0.4) is 0 Å². The fraction of sp³-hybridized carbons (Fsp3) is 0.267. The van der Waals surface area contributed by atoms with Gasteiger partial charge in [-0.2, -0.15) is 4.98 Å². The Morgan fingerprint density at radius 2 is 1.45 bits per heavy atom. The Balaban J connectivity index is 1.51. The third-order valence-corrected chi connectivity index (χ3v) is 6.91. The van der Waals surface area contributed by atoms with Crippen molar-refractivity contribution in [1.29, 1.82) is 0 Å². The lowest BCUT2D eigenvalue weighted by atomic mass is 9.80. The minimum Gasteiger partial charge on any atom is -0.497 e. The molecule has 1 fully saturated rings. The number of nitrogens with zero attached hydrogens (tertiary/aromatic N) is 2. The van der Waals surface area contributed by atoms with Crippen LogP contribution in [-0.4, -0.2) is 36.5 Å². The molecule has 2 heterocycles. The second kappa shape index (κ2) is 11.1. The van der Waals surface area contributed by atoms with Crippen molar-refractivity contribution in [1.82, 2.24) is 9.55 Å². The predicted molar refractivity (Wildman–Crippen MR) is 144 cm³/mol. The van der Waals surface area contributed by atoms with E-state index in [1.165, 1.54) is 4.57 Å². The van der Waals surface area contributed by atoms with E-state index in [0.717, 1.165) is 34.6 Å². The van der Waals surface area contributed by atoms with Crippen molar-refractivity contribution in [2.75, 3.05) is 26.6 Å². The van der Waals surface area contributed by atoms with Gasteiger partial charge in [0.15, 0.2) is 0 Å². The Morgan fingerprint density at radius 1 is 0.868 bits per heavy atom. The molecule has 2 N–H and O–H groups in total. The first kappa shape index (κ1) is 25.5. The van der Waals surface area contributed by atoms with Gasteiger partial charge >= 0.3 is 5.69 Å². The van der Waals surface area contributed by atoms with Gasteiger partial charge in [0.2, 0.25) is 0 Å². The molecule has 1 saturated heterocycles. The van der Waals surface area contributed by atoms with Crippen molar-refractivity contribution in [3.63, 3.8) is 0 Å². The number of aromatic nitrogens is 2. The molecule has 1 aliphatic rings. The first-order valence-corrected chi connectivity index (χ1v) is 12.5. The van der Waals surface area contributed by atoms with E-state index < -0.39 is 17.5 Å². The zero-order valence-electron chi connectivity index (χ0n) is 21.4. The van der Waals surface area contributed by atoms with Crippen LogP contribution in [0.5, 0.6) is 11.5 Å². The highest BCUT2D eigenvalue weighted by Gasteiger charge is 2.39. The number of hydrogen-bond acceptors (Lipinski definition) is 7. The van der Waals surface area contributed by atoms with E-state index in [1.807, 2.05) is 66.7 Å². The molecule has 4 aromatic rings. The lowest BCUT2D eigenvalue weighted by Crippen LogP contribution is -2.36. The summed E-state index contributed by atoms with van der Waals surface area (Å²) >= 11 is 0. The first-order chi connectivity index (χ1) is 18.5. The highest BCUT2D eigenvalue weighted by atomic mass is 16.6. The fourth-order valence-electron chi connectivity index (χ4n) is 4.95. The molecule has 0 bridgehead atoms. The Hall–Kier alpha value is -4.14. The van der Waals surface area contributed by atoms with E-state index >= 15 is 0 Å². The number of rotatable bonds is 9. The highest BCUT2D eigenvalue weighted by molar-refractivity contribution is 5.49. The van der Waals surface area contributed by atoms with Gasteiger partial charge in [-0.1, -0.05) is 54.6 Å². The number of anilines is 1. The molecule has 1 aromatic heterocycles. The van der Waals surface area contributed by atoms with Gasteiger partial charge in [0.05, 0.1) is 26.9 Å². The molecule has 3 aromatic carbocycles. The summed E-state index contributed by atoms with van der Waals surface area (Å²) in [5.41, 5.74) is 7.17. The third kappa shape index (κ3) is 5.01. The highest BCUT2D eigenvalue weighted by Crippen LogP contribution is 2.42. The van der Waals surface area contributed by atoms with Gasteiger partial charge in [0.25, 0.3) is 0 Å². The maximum absolute atomic E-state index is 12.4.